The van der Waals surface area contributed by atoms with E-state index in [2.05, 4.69) is 17.2 Å². The molecule has 2 rings (SSSR count). The van der Waals surface area contributed by atoms with Gasteiger partial charge in [0.25, 0.3) is 0 Å². The molecule has 1 unspecified atom stereocenters. The van der Waals surface area contributed by atoms with E-state index in [4.69, 9.17) is 0 Å². The summed E-state index contributed by atoms with van der Waals surface area (Å²) in [5, 5.41) is 13.9. The third-order valence-corrected chi connectivity index (χ3v) is 2.86. The smallest absolute Gasteiger partial charge is 0.362 e. The van der Waals surface area contributed by atoms with Crippen molar-refractivity contribution < 1.29 is 4.92 Å². The van der Waals surface area contributed by atoms with Crippen LogP contribution in [0.4, 0.5) is 11.6 Å². The van der Waals surface area contributed by atoms with Gasteiger partial charge in [-0.1, -0.05) is 12.8 Å². The molecule has 0 spiro atoms. The van der Waals surface area contributed by atoms with Crippen LogP contribution in [0.25, 0.3) is 0 Å². The van der Waals surface area contributed by atoms with Crippen LogP contribution in [-0.4, -0.2) is 20.5 Å². The van der Waals surface area contributed by atoms with Gasteiger partial charge in [-0.25, -0.2) is 0 Å². The van der Waals surface area contributed by atoms with E-state index in [9.17, 15) is 10.1 Å². The second-order valence-corrected chi connectivity index (χ2v) is 4.51. The zero-order valence-corrected chi connectivity index (χ0v) is 9.51. The molecule has 0 aliphatic heterocycles. The van der Waals surface area contributed by atoms with Gasteiger partial charge >= 0.3 is 5.82 Å². The monoisotopic (exact) mass is 224 g/mol. The summed E-state index contributed by atoms with van der Waals surface area (Å²) in [7, 11) is 1.76. The van der Waals surface area contributed by atoms with Gasteiger partial charge in [0.15, 0.2) is 0 Å². The molecule has 0 amide bonds. The average Bonchev–Trinajstić information content (AvgIpc) is 2.92. The first kappa shape index (κ1) is 10.9. The predicted molar refractivity (Wildman–Crippen MR) is 60.3 cm³/mol. The molecule has 0 aromatic carbocycles. The number of anilines is 1. The van der Waals surface area contributed by atoms with Crippen molar-refractivity contribution in [1.82, 2.24) is 9.55 Å². The summed E-state index contributed by atoms with van der Waals surface area (Å²) in [6, 6.07) is 0.251. The molecule has 6 nitrogen and oxygen atoms in total. The summed E-state index contributed by atoms with van der Waals surface area (Å²) in [5.74, 6) is 1.21. The first-order chi connectivity index (χ1) is 7.58. The van der Waals surface area contributed by atoms with Gasteiger partial charge in [-0.05, 0) is 29.2 Å². The largest absolute Gasteiger partial charge is 0.406 e. The summed E-state index contributed by atoms with van der Waals surface area (Å²) in [6.45, 7) is 2.05. The van der Waals surface area contributed by atoms with Gasteiger partial charge in [-0.2, -0.15) is 0 Å². The fourth-order valence-electron chi connectivity index (χ4n) is 1.86. The highest BCUT2D eigenvalue weighted by atomic mass is 16.6. The highest BCUT2D eigenvalue weighted by Gasteiger charge is 2.26. The number of nitro groups is 1. The Labute approximate surface area is 93.8 Å². The van der Waals surface area contributed by atoms with E-state index in [-0.39, 0.29) is 11.9 Å². The minimum atomic E-state index is -0.452. The highest BCUT2D eigenvalue weighted by molar-refractivity contribution is 5.52. The standard InChI is InChI=1S/C10H16N4O2/c1-7(5-8-3-4-8)12-10-9(14(15)16)11-6-13(10)2/h6-8,12H,3-5H2,1-2H3. The lowest BCUT2D eigenvalue weighted by Gasteiger charge is -2.13. The van der Waals surface area contributed by atoms with Crippen LogP contribution in [0.5, 0.6) is 0 Å². The van der Waals surface area contributed by atoms with E-state index >= 15 is 0 Å². The molecule has 1 atom stereocenters. The fourth-order valence-corrected chi connectivity index (χ4v) is 1.86. The minimum absolute atomic E-state index is 0.0925. The molecule has 88 valence electrons. The normalized spacial score (nSPS) is 17.1. The quantitative estimate of drug-likeness (QED) is 0.612. The van der Waals surface area contributed by atoms with Gasteiger partial charge in [0.1, 0.15) is 0 Å². The molecule has 0 bridgehead atoms. The molecule has 0 radical (unpaired) electrons. The van der Waals surface area contributed by atoms with Crippen LogP contribution in [0.2, 0.25) is 0 Å². The first-order valence-electron chi connectivity index (χ1n) is 5.50. The minimum Gasteiger partial charge on any atom is -0.362 e. The summed E-state index contributed by atoms with van der Waals surface area (Å²) in [6.07, 6.45) is 5.12. The van der Waals surface area contributed by atoms with E-state index in [0.717, 1.165) is 12.3 Å². The zero-order chi connectivity index (χ0) is 11.7. The van der Waals surface area contributed by atoms with Crippen molar-refractivity contribution in [3.8, 4) is 0 Å². The number of rotatable bonds is 5. The van der Waals surface area contributed by atoms with Crippen molar-refractivity contribution >= 4 is 11.6 Å². The third kappa shape index (κ3) is 2.32. The number of nitrogens with one attached hydrogen (secondary N) is 1. The maximum atomic E-state index is 10.7. The van der Waals surface area contributed by atoms with E-state index in [1.807, 2.05) is 0 Å². The molecule has 16 heavy (non-hydrogen) atoms. The Morgan fingerprint density at radius 3 is 3.00 bits per heavy atom. The topological polar surface area (TPSA) is 73.0 Å². The third-order valence-electron chi connectivity index (χ3n) is 2.86. The van der Waals surface area contributed by atoms with Crippen molar-refractivity contribution in [3.63, 3.8) is 0 Å². The lowest BCUT2D eigenvalue weighted by molar-refractivity contribution is -0.388. The van der Waals surface area contributed by atoms with Crippen molar-refractivity contribution in [2.24, 2.45) is 13.0 Å². The van der Waals surface area contributed by atoms with Crippen LogP contribution in [-0.2, 0) is 7.05 Å². The molecule has 1 fully saturated rings. The maximum absolute atomic E-state index is 10.7. The van der Waals surface area contributed by atoms with Gasteiger partial charge in [0.05, 0.1) is 0 Å². The Morgan fingerprint density at radius 2 is 2.44 bits per heavy atom. The zero-order valence-electron chi connectivity index (χ0n) is 9.51. The molecule has 1 aromatic rings. The molecule has 1 aromatic heterocycles. The molecule has 0 saturated heterocycles. The van der Waals surface area contributed by atoms with E-state index in [1.54, 1.807) is 11.6 Å². The number of hydrogen-bond acceptors (Lipinski definition) is 4. The van der Waals surface area contributed by atoms with Gasteiger partial charge in [0.2, 0.25) is 12.1 Å². The second kappa shape index (κ2) is 4.11. The molecular formula is C10H16N4O2. The molecule has 1 heterocycles. The van der Waals surface area contributed by atoms with Crippen LogP contribution in [0.1, 0.15) is 26.2 Å². The van der Waals surface area contributed by atoms with Crippen LogP contribution in [0.15, 0.2) is 6.33 Å². The maximum Gasteiger partial charge on any atom is 0.406 e. The van der Waals surface area contributed by atoms with E-state index in [0.29, 0.717) is 5.82 Å². The summed E-state index contributed by atoms with van der Waals surface area (Å²) < 4.78 is 1.65. The lowest BCUT2D eigenvalue weighted by Crippen LogP contribution is -2.18. The van der Waals surface area contributed by atoms with Crippen LogP contribution in [0.3, 0.4) is 0 Å². The van der Waals surface area contributed by atoms with Gasteiger partial charge in [-0.3, -0.25) is 4.57 Å². The Morgan fingerprint density at radius 1 is 1.75 bits per heavy atom. The number of nitrogens with zero attached hydrogens (tertiary/aromatic N) is 3. The summed E-state index contributed by atoms with van der Waals surface area (Å²) in [4.78, 5) is 14.1. The Kier molecular flexibility index (Phi) is 2.80. The molecule has 6 heteroatoms. The fraction of sp³-hybridized carbons (Fsp3) is 0.700. The molecule has 1 saturated carbocycles. The molecule has 1 aliphatic rings. The highest BCUT2D eigenvalue weighted by Crippen LogP contribution is 2.34. The van der Waals surface area contributed by atoms with Gasteiger partial charge in [-0.15, -0.1) is 0 Å². The molecule has 1 N–H and O–H groups in total. The Balaban J connectivity index is 2.06. The number of aromatic nitrogens is 2. The summed E-state index contributed by atoms with van der Waals surface area (Å²) >= 11 is 0. The molecule has 1 aliphatic carbocycles. The first-order valence-corrected chi connectivity index (χ1v) is 5.50. The predicted octanol–water partition coefficient (Wildman–Crippen LogP) is 1.93. The van der Waals surface area contributed by atoms with Crippen LogP contribution >= 0.6 is 0 Å². The van der Waals surface area contributed by atoms with Crippen LogP contribution in [0, 0.1) is 16.0 Å². The van der Waals surface area contributed by atoms with Gasteiger partial charge in [0, 0.05) is 13.1 Å². The molecular weight excluding hydrogens is 208 g/mol. The van der Waals surface area contributed by atoms with Crippen LogP contribution < -0.4 is 5.32 Å². The van der Waals surface area contributed by atoms with E-state index in [1.165, 1.54) is 19.2 Å². The van der Waals surface area contributed by atoms with Crippen molar-refractivity contribution in [3.05, 3.63) is 16.4 Å². The number of aryl methyl sites for hydroxylation is 1. The van der Waals surface area contributed by atoms with E-state index < -0.39 is 4.92 Å². The van der Waals surface area contributed by atoms with Crippen molar-refractivity contribution in [2.45, 2.75) is 32.2 Å². The second-order valence-electron chi connectivity index (χ2n) is 4.51. The lowest BCUT2D eigenvalue weighted by atomic mass is 10.1. The Bertz CT molecular complexity index is 398. The SMILES string of the molecule is CC(CC1CC1)Nc1c([N+](=O)[O-])ncn1C. The van der Waals surface area contributed by atoms with Gasteiger partial charge < -0.3 is 15.4 Å². The number of hydrogen-bond donors (Lipinski definition) is 1. The summed E-state index contributed by atoms with van der Waals surface area (Å²) in [5.41, 5.74) is 0. The number of imidazole rings is 1. The average molecular weight is 224 g/mol. The Hall–Kier alpha value is -1.59. The van der Waals surface area contributed by atoms with Crippen molar-refractivity contribution in [1.29, 1.82) is 0 Å². The van der Waals surface area contributed by atoms with Crippen molar-refractivity contribution in [2.75, 3.05) is 5.32 Å².